The number of hydrogen-bond donors (Lipinski definition) is 0. The molecule has 0 amide bonds. The number of fused-ring (bicyclic) bond motifs is 2. The Balaban J connectivity index is 1.88. The molecule has 2 fully saturated rings. The van der Waals surface area contributed by atoms with E-state index in [1.165, 1.54) is 31.7 Å². The van der Waals surface area contributed by atoms with Gasteiger partial charge in [0.1, 0.15) is 5.82 Å². The Kier molecular flexibility index (Phi) is 2.15. The Labute approximate surface area is 89.9 Å². The third-order valence-electron chi connectivity index (χ3n) is 3.79. The molecule has 2 aliphatic rings. The van der Waals surface area contributed by atoms with E-state index in [2.05, 4.69) is 4.90 Å². The minimum Gasteiger partial charge on any atom is -0.368 e. The normalized spacial score (nSPS) is 29.5. The standard InChI is InChI=1S/C13H16FN/c14-11-4-2-6-13(8-11)15-9-10-3-1-5-12(15)7-10/h2,4,6,8,10,12H,1,3,5,7,9H2. The van der Waals surface area contributed by atoms with Gasteiger partial charge in [-0.05, 0) is 43.4 Å². The zero-order valence-electron chi connectivity index (χ0n) is 8.82. The zero-order chi connectivity index (χ0) is 10.3. The molecule has 15 heavy (non-hydrogen) atoms. The predicted molar refractivity (Wildman–Crippen MR) is 59.5 cm³/mol. The summed E-state index contributed by atoms with van der Waals surface area (Å²) in [7, 11) is 0. The van der Waals surface area contributed by atoms with Crippen molar-refractivity contribution in [2.24, 2.45) is 5.92 Å². The van der Waals surface area contributed by atoms with E-state index in [0.717, 1.165) is 18.2 Å². The van der Waals surface area contributed by atoms with Crippen molar-refractivity contribution in [1.82, 2.24) is 0 Å². The van der Waals surface area contributed by atoms with E-state index in [9.17, 15) is 4.39 Å². The Bertz CT molecular complexity index is 363. The van der Waals surface area contributed by atoms with E-state index in [0.29, 0.717) is 6.04 Å². The van der Waals surface area contributed by atoms with Crippen molar-refractivity contribution in [1.29, 1.82) is 0 Å². The van der Waals surface area contributed by atoms with Gasteiger partial charge < -0.3 is 4.90 Å². The number of halogens is 1. The molecule has 3 rings (SSSR count). The molecule has 2 heteroatoms. The summed E-state index contributed by atoms with van der Waals surface area (Å²) in [6.45, 7) is 1.13. The molecule has 0 radical (unpaired) electrons. The van der Waals surface area contributed by atoms with Gasteiger partial charge in [-0.2, -0.15) is 0 Å². The third kappa shape index (κ3) is 1.62. The summed E-state index contributed by atoms with van der Waals surface area (Å²) in [6.07, 6.45) is 5.31. The number of benzene rings is 1. The summed E-state index contributed by atoms with van der Waals surface area (Å²) >= 11 is 0. The first-order valence-corrected chi connectivity index (χ1v) is 5.85. The topological polar surface area (TPSA) is 3.24 Å². The molecule has 0 aromatic heterocycles. The van der Waals surface area contributed by atoms with Crippen LogP contribution in [0.3, 0.4) is 0 Å². The van der Waals surface area contributed by atoms with Crippen molar-refractivity contribution < 1.29 is 4.39 Å². The Morgan fingerprint density at radius 3 is 3.00 bits per heavy atom. The van der Waals surface area contributed by atoms with Gasteiger partial charge in [0, 0.05) is 18.3 Å². The Morgan fingerprint density at radius 1 is 1.27 bits per heavy atom. The van der Waals surface area contributed by atoms with Gasteiger partial charge >= 0.3 is 0 Å². The van der Waals surface area contributed by atoms with E-state index < -0.39 is 0 Å². The van der Waals surface area contributed by atoms with Crippen molar-refractivity contribution in [3.8, 4) is 0 Å². The van der Waals surface area contributed by atoms with Crippen molar-refractivity contribution >= 4 is 5.69 Å². The first kappa shape index (κ1) is 9.20. The first-order chi connectivity index (χ1) is 7.33. The number of hydrogen-bond acceptors (Lipinski definition) is 1. The summed E-state index contributed by atoms with van der Waals surface area (Å²) in [5, 5.41) is 0. The SMILES string of the molecule is Fc1cccc(N2CC3CCCC2C3)c1. The number of anilines is 1. The molecule has 1 heterocycles. The minimum absolute atomic E-state index is 0.117. The van der Waals surface area contributed by atoms with Crippen LogP contribution in [0.4, 0.5) is 10.1 Å². The van der Waals surface area contributed by atoms with Gasteiger partial charge in [0.2, 0.25) is 0 Å². The van der Waals surface area contributed by atoms with Crippen LogP contribution in [0.1, 0.15) is 25.7 Å². The Hall–Kier alpha value is -1.05. The Morgan fingerprint density at radius 2 is 2.20 bits per heavy atom. The summed E-state index contributed by atoms with van der Waals surface area (Å²) < 4.78 is 13.1. The van der Waals surface area contributed by atoms with Gasteiger partial charge in [-0.1, -0.05) is 12.5 Å². The first-order valence-electron chi connectivity index (χ1n) is 5.85. The van der Waals surface area contributed by atoms with Gasteiger partial charge in [0.25, 0.3) is 0 Å². The molecule has 1 saturated heterocycles. The predicted octanol–water partition coefficient (Wildman–Crippen LogP) is 3.20. The van der Waals surface area contributed by atoms with Crippen LogP contribution in [-0.2, 0) is 0 Å². The van der Waals surface area contributed by atoms with Crippen LogP contribution < -0.4 is 4.90 Å². The largest absolute Gasteiger partial charge is 0.368 e. The highest BCUT2D eigenvalue weighted by molar-refractivity contribution is 5.49. The molecule has 0 spiro atoms. The van der Waals surface area contributed by atoms with E-state index in [1.54, 1.807) is 6.07 Å². The van der Waals surface area contributed by atoms with E-state index in [4.69, 9.17) is 0 Å². The van der Waals surface area contributed by atoms with Crippen LogP contribution in [-0.4, -0.2) is 12.6 Å². The third-order valence-corrected chi connectivity index (χ3v) is 3.79. The van der Waals surface area contributed by atoms with Crippen LogP contribution in [0, 0.1) is 11.7 Å². The molecule has 2 bridgehead atoms. The fourth-order valence-corrected chi connectivity index (χ4v) is 3.11. The van der Waals surface area contributed by atoms with E-state index >= 15 is 0 Å². The fourth-order valence-electron chi connectivity index (χ4n) is 3.11. The van der Waals surface area contributed by atoms with Gasteiger partial charge in [-0.15, -0.1) is 0 Å². The minimum atomic E-state index is -0.117. The van der Waals surface area contributed by atoms with Crippen LogP contribution >= 0.6 is 0 Å². The maximum atomic E-state index is 13.1. The highest BCUT2D eigenvalue weighted by atomic mass is 19.1. The average Bonchev–Trinajstić information content (AvgIpc) is 2.54. The summed E-state index contributed by atoms with van der Waals surface area (Å²) in [6, 6.07) is 7.70. The molecule has 2 atom stereocenters. The number of rotatable bonds is 1. The molecule has 1 aromatic rings. The quantitative estimate of drug-likeness (QED) is 0.680. The number of nitrogens with zero attached hydrogens (tertiary/aromatic N) is 1. The smallest absolute Gasteiger partial charge is 0.125 e. The second-order valence-corrected chi connectivity index (χ2v) is 4.82. The summed E-state index contributed by atoms with van der Waals surface area (Å²) in [5.74, 6) is 0.737. The summed E-state index contributed by atoms with van der Waals surface area (Å²) in [5.41, 5.74) is 1.07. The molecule has 2 unspecified atom stereocenters. The van der Waals surface area contributed by atoms with Gasteiger partial charge in [-0.3, -0.25) is 0 Å². The molecular formula is C13H16FN. The molecule has 1 aromatic carbocycles. The molecule has 0 N–H and O–H groups in total. The lowest BCUT2D eigenvalue weighted by molar-refractivity contribution is 0.415. The molecule has 80 valence electrons. The highest BCUT2D eigenvalue weighted by Crippen LogP contribution is 2.38. The molecule has 1 aliphatic carbocycles. The lowest BCUT2D eigenvalue weighted by Crippen LogP contribution is -2.28. The molecule has 1 saturated carbocycles. The van der Waals surface area contributed by atoms with Crippen LogP contribution in [0.2, 0.25) is 0 Å². The van der Waals surface area contributed by atoms with Crippen molar-refractivity contribution in [3.63, 3.8) is 0 Å². The lowest BCUT2D eigenvalue weighted by Gasteiger charge is -2.26. The maximum absolute atomic E-state index is 13.1. The van der Waals surface area contributed by atoms with Crippen molar-refractivity contribution in [2.75, 3.05) is 11.4 Å². The second-order valence-electron chi connectivity index (χ2n) is 4.82. The van der Waals surface area contributed by atoms with Gasteiger partial charge in [0.15, 0.2) is 0 Å². The van der Waals surface area contributed by atoms with Crippen LogP contribution in [0.15, 0.2) is 24.3 Å². The molecular weight excluding hydrogens is 189 g/mol. The highest BCUT2D eigenvalue weighted by Gasteiger charge is 2.34. The monoisotopic (exact) mass is 205 g/mol. The zero-order valence-corrected chi connectivity index (χ0v) is 8.82. The van der Waals surface area contributed by atoms with Crippen molar-refractivity contribution in [2.45, 2.75) is 31.7 Å². The molecule has 1 nitrogen and oxygen atoms in total. The molecule has 1 aliphatic heterocycles. The van der Waals surface area contributed by atoms with Crippen LogP contribution in [0.25, 0.3) is 0 Å². The second kappa shape index (κ2) is 3.51. The van der Waals surface area contributed by atoms with Crippen LogP contribution in [0.5, 0.6) is 0 Å². The summed E-state index contributed by atoms with van der Waals surface area (Å²) in [4.78, 5) is 2.40. The average molecular weight is 205 g/mol. The van der Waals surface area contributed by atoms with E-state index in [1.807, 2.05) is 12.1 Å². The van der Waals surface area contributed by atoms with E-state index in [-0.39, 0.29) is 5.82 Å². The maximum Gasteiger partial charge on any atom is 0.125 e. The van der Waals surface area contributed by atoms with Crippen molar-refractivity contribution in [3.05, 3.63) is 30.1 Å². The lowest BCUT2D eigenvalue weighted by atomic mass is 9.90. The fraction of sp³-hybridized carbons (Fsp3) is 0.538. The van der Waals surface area contributed by atoms with Gasteiger partial charge in [0.05, 0.1) is 0 Å². The van der Waals surface area contributed by atoms with Gasteiger partial charge in [-0.25, -0.2) is 4.39 Å².